The van der Waals surface area contributed by atoms with Gasteiger partial charge in [0.05, 0.1) is 0 Å². The summed E-state index contributed by atoms with van der Waals surface area (Å²) >= 11 is 9.08. The van der Waals surface area contributed by atoms with Gasteiger partial charge in [-0.05, 0) is 0 Å². The van der Waals surface area contributed by atoms with Crippen molar-refractivity contribution in [2.45, 2.75) is 9.83 Å². The van der Waals surface area contributed by atoms with E-state index in [9.17, 15) is 0 Å². The summed E-state index contributed by atoms with van der Waals surface area (Å²) in [6.07, 6.45) is 7.34. The van der Waals surface area contributed by atoms with Crippen LogP contribution in [0, 0.1) is 0 Å². The van der Waals surface area contributed by atoms with E-state index in [1.807, 2.05) is 24.3 Å². The van der Waals surface area contributed by atoms with Crippen LogP contribution in [0.15, 0.2) is 24.3 Å². The van der Waals surface area contributed by atoms with Gasteiger partial charge in [0.25, 0.3) is 0 Å². The molecule has 1 aliphatic rings. The molecule has 1 nitrogen and oxygen atoms in total. The Hall–Kier alpha value is 0.210. The molecule has 0 amide bonds. The molecule has 9 heavy (non-hydrogen) atoms. The number of allylic oxidation sites excluding steroid dienone is 2. The second-order valence-electron chi connectivity index (χ2n) is 1.97. The molecule has 0 fully saturated rings. The van der Waals surface area contributed by atoms with E-state index in [2.05, 4.69) is 15.9 Å². The lowest BCUT2D eigenvalue weighted by atomic mass is 10.1. The van der Waals surface area contributed by atoms with Crippen molar-refractivity contribution in [1.29, 1.82) is 0 Å². The Morgan fingerprint density at radius 2 is 1.89 bits per heavy atom. The maximum absolute atomic E-state index is 5.82. The summed E-state index contributed by atoms with van der Waals surface area (Å²) in [5.74, 6) is 0. The van der Waals surface area contributed by atoms with Crippen molar-refractivity contribution in [2.75, 3.05) is 0 Å². The molecule has 50 valence electrons. The summed E-state index contributed by atoms with van der Waals surface area (Å²) < 4.78 is -0.497. The number of hydrogen-bond donors (Lipinski definition) is 1. The normalized spacial score (nSPS) is 41.4. The van der Waals surface area contributed by atoms with Crippen LogP contribution in [-0.2, 0) is 0 Å². The second kappa shape index (κ2) is 2.45. The molecule has 0 radical (unpaired) electrons. The minimum Gasteiger partial charge on any atom is -0.321 e. The van der Waals surface area contributed by atoms with Gasteiger partial charge in [-0.15, -0.1) is 0 Å². The maximum atomic E-state index is 5.82. The molecular weight excluding hydrogens is 201 g/mol. The molecule has 0 aliphatic heterocycles. The van der Waals surface area contributed by atoms with Gasteiger partial charge < -0.3 is 5.73 Å². The zero-order chi connectivity index (χ0) is 6.91. The van der Waals surface area contributed by atoms with Crippen molar-refractivity contribution in [3.63, 3.8) is 0 Å². The Kier molecular flexibility index (Phi) is 1.99. The van der Waals surface area contributed by atoms with Crippen LogP contribution in [-0.4, -0.2) is 9.83 Å². The SMILES string of the molecule is NC1C=CC(Cl)(Br)C=C1. The first-order valence-electron chi connectivity index (χ1n) is 2.62. The molecule has 0 aromatic carbocycles. The fraction of sp³-hybridized carbons (Fsp3) is 0.333. The van der Waals surface area contributed by atoms with Crippen molar-refractivity contribution in [3.05, 3.63) is 24.3 Å². The first-order valence-corrected chi connectivity index (χ1v) is 3.79. The molecule has 0 saturated carbocycles. The van der Waals surface area contributed by atoms with Gasteiger partial charge in [-0.1, -0.05) is 51.8 Å². The molecule has 3 heteroatoms. The van der Waals surface area contributed by atoms with E-state index in [-0.39, 0.29) is 6.04 Å². The van der Waals surface area contributed by atoms with Gasteiger partial charge in [0.2, 0.25) is 0 Å². The van der Waals surface area contributed by atoms with Crippen LogP contribution in [0.25, 0.3) is 0 Å². The van der Waals surface area contributed by atoms with Gasteiger partial charge in [0, 0.05) is 6.04 Å². The first kappa shape index (κ1) is 7.32. The highest BCUT2D eigenvalue weighted by Crippen LogP contribution is 2.29. The molecule has 0 aromatic rings. The van der Waals surface area contributed by atoms with Gasteiger partial charge in [-0.25, -0.2) is 0 Å². The Morgan fingerprint density at radius 1 is 1.44 bits per heavy atom. The van der Waals surface area contributed by atoms with E-state index in [0.717, 1.165) is 0 Å². The number of alkyl halides is 2. The summed E-state index contributed by atoms with van der Waals surface area (Å²) in [6, 6.07) is 0.0226. The van der Waals surface area contributed by atoms with E-state index in [1.165, 1.54) is 0 Å². The number of nitrogens with two attached hydrogens (primary N) is 1. The van der Waals surface area contributed by atoms with Gasteiger partial charge >= 0.3 is 0 Å². The fourth-order valence-electron chi connectivity index (χ4n) is 0.599. The largest absolute Gasteiger partial charge is 0.321 e. The summed E-state index contributed by atoms with van der Waals surface area (Å²) in [6.45, 7) is 0. The van der Waals surface area contributed by atoms with E-state index in [0.29, 0.717) is 0 Å². The molecule has 0 heterocycles. The van der Waals surface area contributed by atoms with Crippen molar-refractivity contribution >= 4 is 27.5 Å². The second-order valence-corrected chi connectivity index (χ2v) is 4.36. The molecule has 0 aromatic heterocycles. The maximum Gasteiger partial charge on any atom is 0.135 e. The van der Waals surface area contributed by atoms with Crippen molar-refractivity contribution in [2.24, 2.45) is 5.73 Å². The number of halogens is 2. The van der Waals surface area contributed by atoms with Gasteiger partial charge in [0.1, 0.15) is 3.78 Å². The van der Waals surface area contributed by atoms with Gasteiger partial charge in [0.15, 0.2) is 0 Å². The van der Waals surface area contributed by atoms with Crippen LogP contribution < -0.4 is 5.73 Å². The zero-order valence-corrected chi connectivity index (χ0v) is 7.06. The molecule has 0 unspecified atom stereocenters. The molecule has 0 spiro atoms. The van der Waals surface area contributed by atoms with Gasteiger partial charge in [-0.3, -0.25) is 0 Å². The fourth-order valence-corrected chi connectivity index (χ4v) is 1.05. The van der Waals surface area contributed by atoms with Crippen LogP contribution in [0.2, 0.25) is 0 Å². The molecule has 1 rings (SSSR count). The third-order valence-electron chi connectivity index (χ3n) is 1.08. The Morgan fingerprint density at radius 3 is 2.22 bits per heavy atom. The third-order valence-corrected chi connectivity index (χ3v) is 1.86. The topological polar surface area (TPSA) is 26.0 Å². The molecule has 0 atom stereocenters. The number of rotatable bonds is 0. The average Bonchev–Trinajstić information content (AvgIpc) is 1.78. The minimum absolute atomic E-state index is 0.0226. The zero-order valence-electron chi connectivity index (χ0n) is 4.72. The summed E-state index contributed by atoms with van der Waals surface area (Å²) in [7, 11) is 0. The predicted octanol–water partition coefficient (Wildman–Crippen LogP) is 1.77. The average molecular weight is 208 g/mol. The van der Waals surface area contributed by atoms with Crippen molar-refractivity contribution < 1.29 is 0 Å². The van der Waals surface area contributed by atoms with E-state index in [4.69, 9.17) is 17.3 Å². The van der Waals surface area contributed by atoms with Gasteiger partial charge in [-0.2, -0.15) is 0 Å². The standard InChI is InChI=1S/C6H7BrClN/c7-6(8)3-1-5(9)2-4-6/h1-5H,9H2. The molecule has 0 bridgehead atoms. The molecule has 2 N–H and O–H groups in total. The van der Waals surface area contributed by atoms with E-state index < -0.39 is 3.78 Å². The van der Waals surface area contributed by atoms with Crippen LogP contribution in [0.5, 0.6) is 0 Å². The van der Waals surface area contributed by atoms with Crippen molar-refractivity contribution in [1.82, 2.24) is 0 Å². The van der Waals surface area contributed by atoms with Crippen LogP contribution in [0.3, 0.4) is 0 Å². The first-order chi connectivity index (χ1) is 4.10. The van der Waals surface area contributed by atoms with E-state index in [1.54, 1.807) is 0 Å². The molecular formula is C6H7BrClN. The number of hydrogen-bond acceptors (Lipinski definition) is 1. The lowest BCUT2D eigenvalue weighted by molar-refractivity contribution is 0.986. The minimum atomic E-state index is -0.497. The highest BCUT2D eigenvalue weighted by atomic mass is 79.9. The Labute approximate surface area is 67.7 Å². The van der Waals surface area contributed by atoms with Crippen LogP contribution in [0.4, 0.5) is 0 Å². The smallest absolute Gasteiger partial charge is 0.135 e. The lowest BCUT2D eigenvalue weighted by Crippen LogP contribution is -2.20. The summed E-state index contributed by atoms with van der Waals surface area (Å²) in [5, 5.41) is 0. The highest BCUT2D eigenvalue weighted by molar-refractivity contribution is 9.10. The Bertz CT molecular complexity index is 146. The predicted molar refractivity (Wildman–Crippen MR) is 43.8 cm³/mol. The molecule has 1 aliphatic carbocycles. The summed E-state index contributed by atoms with van der Waals surface area (Å²) in [5.41, 5.74) is 5.50. The highest BCUT2D eigenvalue weighted by Gasteiger charge is 2.17. The Balaban J connectivity index is 2.70. The lowest BCUT2D eigenvalue weighted by Gasteiger charge is -2.15. The van der Waals surface area contributed by atoms with Crippen LogP contribution >= 0.6 is 27.5 Å². The quantitative estimate of drug-likeness (QED) is 0.477. The molecule has 0 saturated heterocycles. The van der Waals surface area contributed by atoms with Crippen LogP contribution in [0.1, 0.15) is 0 Å². The third kappa shape index (κ3) is 2.12. The monoisotopic (exact) mass is 207 g/mol. The van der Waals surface area contributed by atoms with E-state index >= 15 is 0 Å². The van der Waals surface area contributed by atoms with Crippen molar-refractivity contribution in [3.8, 4) is 0 Å². The summed E-state index contributed by atoms with van der Waals surface area (Å²) in [4.78, 5) is 0.